The van der Waals surface area contributed by atoms with Crippen molar-refractivity contribution in [2.45, 2.75) is 85.5 Å². The number of aliphatic hydroxyl groups is 11. The van der Waals surface area contributed by atoms with Crippen LogP contribution in [0.2, 0.25) is 0 Å². The fourth-order valence-corrected chi connectivity index (χ4v) is 4.12. The molecular formula is C18H32O16. The topological polar surface area (TPSA) is 269 Å². The maximum absolute atomic E-state index is 10.6. The normalized spacial score (nSPS) is 52.1. The summed E-state index contributed by atoms with van der Waals surface area (Å²) in [6.45, 7) is -3.39. The number of rotatable bonds is 8. The third-order valence-electron chi connectivity index (χ3n) is 6.18. The van der Waals surface area contributed by atoms with Crippen LogP contribution < -0.4 is 0 Å². The second-order valence-electron chi connectivity index (χ2n) is 8.37. The lowest BCUT2D eigenvalue weighted by molar-refractivity contribution is -0.398. The highest BCUT2D eigenvalue weighted by atomic mass is 16.8. The first-order valence-corrected chi connectivity index (χ1v) is 10.6. The van der Waals surface area contributed by atoms with Gasteiger partial charge in [0.1, 0.15) is 73.8 Å². The van der Waals surface area contributed by atoms with E-state index in [4.69, 9.17) is 23.7 Å². The van der Waals surface area contributed by atoms with Crippen molar-refractivity contribution in [1.29, 1.82) is 0 Å². The summed E-state index contributed by atoms with van der Waals surface area (Å²) in [5.74, 6) is -2.36. The van der Waals surface area contributed by atoms with Crippen molar-refractivity contribution in [2.24, 2.45) is 0 Å². The summed E-state index contributed by atoms with van der Waals surface area (Å²) in [7, 11) is 0. The molecule has 0 aromatic carbocycles. The van der Waals surface area contributed by atoms with E-state index in [0.717, 1.165) is 0 Å². The number of aliphatic hydroxyl groups excluding tert-OH is 11. The molecule has 3 rings (SSSR count). The van der Waals surface area contributed by atoms with Crippen LogP contribution in [0, 0.1) is 0 Å². The number of ether oxygens (including phenoxy) is 5. The summed E-state index contributed by atoms with van der Waals surface area (Å²) in [6, 6.07) is 0. The standard InChI is InChI=1S/C18H32O16/c19-1-5-8(23)10(25)12(27)16(30-5)32-14-7(3-21)31-17(13(28)11(14)26)34-18(4-22)15(29)9(24)6(2-20)33-18/h5-17,19-29H,1-4H2/t5?,6-,7-,8-,9?,10?,11-,12-,13?,14?,15+,16?,17?,18?/m1/s1. The highest BCUT2D eigenvalue weighted by molar-refractivity contribution is 4.99. The van der Waals surface area contributed by atoms with E-state index in [1.54, 1.807) is 0 Å². The summed E-state index contributed by atoms with van der Waals surface area (Å²) in [5, 5.41) is 109. The molecular weight excluding hydrogens is 472 g/mol. The minimum atomic E-state index is -2.36. The van der Waals surface area contributed by atoms with E-state index in [-0.39, 0.29) is 0 Å². The molecule has 3 fully saturated rings. The Morgan fingerprint density at radius 1 is 0.588 bits per heavy atom. The van der Waals surface area contributed by atoms with Gasteiger partial charge in [-0.05, 0) is 0 Å². The zero-order valence-corrected chi connectivity index (χ0v) is 17.8. The van der Waals surface area contributed by atoms with Crippen molar-refractivity contribution in [3.05, 3.63) is 0 Å². The van der Waals surface area contributed by atoms with E-state index < -0.39 is 112 Å². The molecule has 0 aliphatic carbocycles. The molecule has 16 nitrogen and oxygen atoms in total. The SMILES string of the molecule is OCC1OC(OC2[C@H](O)C(O)C(OC3(CO)O[C@H](CO)C(O)[C@@H]3O)O[C@@H]2CO)[C@H](O)C(O)[C@@H]1O. The van der Waals surface area contributed by atoms with Crippen molar-refractivity contribution in [3.8, 4) is 0 Å². The minimum Gasteiger partial charge on any atom is -0.394 e. The molecule has 3 saturated heterocycles. The molecule has 0 radical (unpaired) electrons. The zero-order valence-electron chi connectivity index (χ0n) is 17.8. The predicted molar refractivity (Wildman–Crippen MR) is 101 cm³/mol. The lowest BCUT2D eigenvalue weighted by Gasteiger charge is -2.47. The summed E-state index contributed by atoms with van der Waals surface area (Å²) in [6.07, 6.45) is -22.0. The largest absolute Gasteiger partial charge is 0.394 e. The molecule has 0 saturated carbocycles. The maximum Gasteiger partial charge on any atom is 0.224 e. The van der Waals surface area contributed by atoms with Crippen molar-refractivity contribution in [1.82, 2.24) is 0 Å². The van der Waals surface area contributed by atoms with Crippen LogP contribution in [0.1, 0.15) is 0 Å². The molecule has 200 valence electrons. The van der Waals surface area contributed by atoms with E-state index in [9.17, 15) is 56.2 Å². The highest BCUT2D eigenvalue weighted by Gasteiger charge is 2.59. The molecule has 0 spiro atoms. The van der Waals surface area contributed by atoms with Crippen molar-refractivity contribution < 1.29 is 79.9 Å². The third kappa shape index (κ3) is 4.96. The Morgan fingerprint density at radius 2 is 1.15 bits per heavy atom. The van der Waals surface area contributed by atoms with Crippen LogP contribution in [0.5, 0.6) is 0 Å². The monoisotopic (exact) mass is 504 g/mol. The van der Waals surface area contributed by atoms with Crippen LogP contribution >= 0.6 is 0 Å². The fourth-order valence-electron chi connectivity index (χ4n) is 4.12. The van der Waals surface area contributed by atoms with Gasteiger partial charge in [0.05, 0.1) is 19.8 Å². The Labute approximate surface area is 192 Å². The summed E-state index contributed by atoms with van der Waals surface area (Å²) in [5.41, 5.74) is 0. The number of hydrogen-bond donors (Lipinski definition) is 11. The van der Waals surface area contributed by atoms with E-state index in [1.165, 1.54) is 0 Å². The van der Waals surface area contributed by atoms with E-state index in [1.807, 2.05) is 0 Å². The molecule has 0 bridgehead atoms. The van der Waals surface area contributed by atoms with Gasteiger partial charge in [0.15, 0.2) is 12.6 Å². The first-order valence-electron chi connectivity index (χ1n) is 10.6. The Bertz CT molecular complexity index is 651. The lowest BCUT2D eigenvalue weighted by Crippen LogP contribution is -2.66. The molecule has 16 heteroatoms. The lowest BCUT2D eigenvalue weighted by atomic mass is 9.97. The van der Waals surface area contributed by atoms with Crippen molar-refractivity contribution >= 4 is 0 Å². The van der Waals surface area contributed by atoms with Gasteiger partial charge in [-0.1, -0.05) is 0 Å². The Hall–Kier alpha value is -0.640. The van der Waals surface area contributed by atoms with Crippen LogP contribution in [0.3, 0.4) is 0 Å². The van der Waals surface area contributed by atoms with Gasteiger partial charge >= 0.3 is 0 Å². The van der Waals surface area contributed by atoms with E-state index in [2.05, 4.69) is 0 Å². The van der Waals surface area contributed by atoms with Crippen LogP contribution in [0.4, 0.5) is 0 Å². The van der Waals surface area contributed by atoms with Gasteiger partial charge in [-0.15, -0.1) is 0 Å². The second kappa shape index (κ2) is 11.2. The first kappa shape index (κ1) is 27.9. The van der Waals surface area contributed by atoms with Gasteiger partial charge in [-0.3, -0.25) is 0 Å². The fraction of sp³-hybridized carbons (Fsp3) is 1.00. The molecule has 3 heterocycles. The molecule has 14 atom stereocenters. The molecule has 0 amide bonds. The van der Waals surface area contributed by atoms with E-state index in [0.29, 0.717) is 0 Å². The average molecular weight is 504 g/mol. The minimum absolute atomic E-state index is 0.742. The second-order valence-corrected chi connectivity index (χ2v) is 8.37. The van der Waals surface area contributed by atoms with E-state index >= 15 is 0 Å². The van der Waals surface area contributed by atoms with Crippen molar-refractivity contribution in [3.63, 3.8) is 0 Å². The summed E-state index contributed by atoms with van der Waals surface area (Å²) in [4.78, 5) is 0. The van der Waals surface area contributed by atoms with Gasteiger partial charge in [0.2, 0.25) is 5.79 Å². The Balaban J connectivity index is 1.74. The first-order chi connectivity index (χ1) is 16.0. The van der Waals surface area contributed by atoms with Crippen molar-refractivity contribution in [2.75, 3.05) is 26.4 Å². The smallest absolute Gasteiger partial charge is 0.224 e. The summed E-state index contributed by atoms with van der Waals surface area (Å²) >= 11 is 0. The van der Waals surface area contributed by atoms with Crippen LogP contribution in [-0.2, 0) is 23.7 Å². The molecule has 0 aromatic heterocycles. The molecule has 8 unspecified atom stereocenters. The van der Waals surface area contributed by atoms with Gasteiger partial charge in [0.25, 0.3) is 0 Å². The molecule has 34 heavy (non-hydrogen) atoms. The summed E-state index contributed by atoms with van der Waals surface area (Å²) < 4.78 is 26.6. The van der Waals surface area contributed by atoms with Gasteiger partial charge in [-0.25, -0.2) is 0 Å². The quantitative estimate of drug-likeness (QED) is 0.146. The predicted octanol–water partition coefficient (Wildman–Crippen LogP) is -7.57. The zero-order chi connectivity index (χ0) is 25.4. The molecule has 0 aromatic rings. The average Bonchev–Trinajstić information content (AvgIpc) is 3.08. The Morgan fingerprint density at radius 3 is 1.68 bits per heavy atom. The van der Waals surface area contributed by atoms with Crippen LogP contribution in [0.25, 0.3) is 0 Å². The van der Waals surface area contributed by atoms with Crippen LogP contribution in [0.15, 0.2) is 0 Å². The molecule has 3 aliphatic heterocycles. The van der Waals surface area contributed by atoms with Gasteiger partial charge in [0, 0.05) is 0 Å². The Kier molecular flexibility index (Phi) is 9.18. The molecule has 11 N–H and O–H groups in total. The van der Waals surface area contributed by atoms with Gasteiger partial charge < -0.3 is 79.9 Å². The number of hydrogen-bond acceptors (Lipinski definition) is 16. The van der Waals surface area contributed by atoms with Crippen LogP contribution in [-0.4, -0.2) is 168 Å². The van der Waals surface area contributed by atoms with Gasteiger partial charge in [-0.2, -0.15) is 0 Å². The molecule has 3 aliphatic rings. The highest BCUT2D eigenvalue weighted by Crippen LogP contribution is 2.37. The third-order valence-corrected chi connectivity index (χ3v) is 6.18. The maximum atomic E-state index is 10.6.